The maximum absolute atomic E-state index is 11.5. The molecular weight excluding hydrogens is 99.1 g/mol. The number of rotatable bonds is 2. The van der Waals surface area contributed by atoms with Crippen molar-refractivity contribution in [3.05, 3.63) is 0 Å². The first-order valence-corrected chi connectivity index (χ1v) is 2.67. The van der Waals surface area contributed by atoms with Gasteiger partial charge in [-0.05, 0) is 6.92 Å². The number of ether oxygens (including phenoxy) is 1. The predicted molar refractivity (Wildman–Crippen MR) is 25.1 cm³/mol. The molecule has 0 heterocycles. The fourth-order valence-electron chi connectivity index (χ4n) is 0.181. The Kier molecular flexibility index (Phi) is 3.36. The minimum absolute atomic E-state index is 0.463. The molecule has 0 saturated heterocycles. The topological polar surface area (TPSA) is 9.23 Å². The summed E-state index contributed by atoms with van der Waals surface area (Å²) in [5.74, 6) is -1.07. The first-order chi connectivity index (χ1) is 2.77. The third kappa shape index (κ3) is 4.11. The molecule has 0 bridgehead atoms. The molecule has 37 valence electrons. The van der Waals surface area contributed by atoms with E-state index in [4.69, 9.17) is 0 Å². The van der Waals surface area contributed by atoms with Gasteiger partial charge in [-0.2, -0.15) is 0 Å². The van der Waals surface area contributed by atoms with Gasteiger partial charge in [0.15, 0.2) is 5.98 Å². The van der Waals surface area contributed by atoms with E-state index in [0.717, 1.165) is 0 Å². The minimum Gasteiger partial charge on any atom is -0.353 e. The molecule has 0 aliphatic rings. The van der Waals surface area contributed by atoms with Gasteiger partial charge < -0.3 is 4.74 Å². The van der Waals surface area contributed by atoms with Crippen molar-refractivity contribution in [2.75, 3.05) is 6.61 Å². The van der Waals surface area contributed by atoms with E-state index in [0.29, 0.717) is 6.61 Å². The molecule has 0 aliphatic heterocycles. The number of hydrogen-bond donors (Lipinski definition) is 0. The summed E-state index contributed by atoms with van der Waals surface area (Å²) in [4.78, 5) is 0. The Morgan fingerprint density at radius 1 is 2.00 bits per heavy atom. The molecule has 1 unspecified atom stereocenters. The molecule has 0 aromatic rings. The van der Waals surface area contributed by atoms with Crippen LogP contribution in [0, 0.1) is 0 Å². The van der Waals surface area contributed by atoms with Crippen LogP contribution in [-0.4, -0.2) is 22.8 Å². The normalized spacial score (nSPS) is 14.5. The maximum atomic E-state index is 11.5. The second kappa shape index (κ2) is 3.30. The summed E-state index contributed by atoms with van der Waals surface area (Å²) in [5, 5.41) is 0. The average Bonchev–Trinajstić information content (AvgIpc) is 1.35. The van der Waals surface area contributed by atoms with Gasteiger partial charge in [0.05, 0.1) is 10.2 Å². The summed E-state index contributed by atoms with van der Waals surface area (Å²) >= 11 is 0. The van der Waals surface area contributed by atoms with Crippen LogP contribution in [0.15, 0.2) is 0 Å². The maximum Gasteiger partial charge on any atom is 0.172 e. The first kappa shape index (κ1) is 6.11. The highest BCUT2D eigenvalue weighted by Crippen LogP contribution is 1.82. The largest absolute Gasteiger partial charge is 0.353 e. The second-order valence-corrected chi connectivity index (χ2v) is 1.51. The fraction of sp³-hybridized carbons (Fsp3) is 1.00. The van der Waals surface area contributed by atoms with Crippen molar-refractivity contribution >= 4 is 10.2 Å². The molecule has 0 saturated carbocycles. The van der Waals surface area contributed by atoms with Crippen LogP contribution in [0.1, 0.15) is 6.92 Å². The summed E-state index contributed by atoms with van der Waals surface area (Å²) < 4.78 is 15.9. The number of halogens is 1. The number of hydrogen-bond acceptors (Lipinski definition) is 1. The van der Waals surface area contributed by atoms with Crippen LogP contribution in [-0.2, 0) is 4.74 Å². The molecule has 0 aromatic carbocycles. The quantitative estimate of drug-likeness (QED) is 0.448. The highest BCUT2D eigenvalue weighted by molar-refractivity contribution is 6.09. The standard InChI is InChI=1S/C3H8FOSi/c1-2-5-3(4)6/h3H,2,6H2,1H3. The van der Waals surface area contributed by atoms with Gasteiger partial charge in [0, 0.05) is 6.61 Å². The van der Waals surface area contributed by atoms with Crippen molar-refractivity contribution in [1.29, 1.82) is 0 Å². The van der Waals surface area contributed by atoms with E-state index >= 15 is 0 Å². The van der Waals surface area contributed by atoms with Crippen LogP contribution < -0.4 is 0 Å². The average molecular weight is 107 g/mol. The summed E-state index contributed by atoms with van der Waals surface area (Å²) in [5.41, 5.74) is 0. The van der Waals surface area contributed by atoms with Crippen LogP contribution in [0.2, 0.25) is 0 Å². The Hall–Kier alpha value is 0.107. The molecule has 0 spiro atoms. The zero-order valence-electron chi connectivity index (χ0n) is 3.78. The van der Waals surface area contributed by atoms with Gasteiger partial charge in [0.1, 0.15) is 0 Å². The van der Waals surface area contributed by atoms with Crippen LogP contribution in [0.25, 0.3) is 0 Å². The molecule has 0 aliphatic carbocycles. The monoisotopic (exact) mass is 107 g/mol. The lowest BCUT2D eigenvalue weighted by Gasteiger charge is -1.96. The van der Waals surface area contributed by atoms with Gasteiger partial charge in [0.2, 0.25) is 0 Å². The Morgan fingerprint density at radius 3 is 2.50 bits per heavy atom. The van der Waals surface area contributed by atoms with Crippen molar-refractivity contribution in [2.45, 2.75) is 12.9 Å². The molecule has 0 aromatic heterocycles. The third-order valence-electron chi connectivity index (χ3n) is 0.348. The first-order valence-electron chi connectivity index (χ1n) is 1.86. The molecule has 0 rings (SSSR count). The van der Waals surface area contributed by atoms with Crippen molar-refractivity contribution < 1.29 is 9.13 Å². The van der Waals surface area contributed by atoms with Gasteiger partial charge in [-0.15, -0.1) is 0 Å². The Labute approximate surface area is 39.9 Å². The predicted octanol–water partition coefficient (Wildman–Crippen LogP) is -0.0909. The Morgan fingerprint density at radius 2 is 2.50 bits per heavy atom. The molecule has 0 N–H and O–H groups in total. The zero-order valence-corrected chi connectivity index (χ0v) is 5.19. The SMILES string of the molecule is CCOC(F)[SiH2]. The lowest BCUT2D eigenvalue weighted by Crippen LogP contribution is -2.03. The summed E-state index contributed by atoms with van der Waals surface area (Å²) in [6, 6.07) is 0. The van der Waals surface area contributed by atoms with E-state index in [1.165, 1.54) is 10.2 Å². The summed E-state index contributed by atoms with van der Waals surface area (Å²) in [6.45, 7) is 2.23. The van der Waals surface area contributed by atoms with Crippen molar-refractivity contribution in [3.8, 4) is 0 Å². The molecule has 0 fully saturated rings. The van der Waals surface area contributed by atoms with Gasteiger partial charge in [-0.1, -0.05) is 0 Å². The van der Waals surface area contributed by atoms with Crippen molar-refractivity contribution in [1.82, 2.24) is 0 Å². The third-order valence-corrected chi connectivity index (χ3v) is 0.583. The fourth-order valence-corrected chi connectivity index (χ4v) is 0.417. The molecular formula is C3H8FOSi. The highest BCUT2D eigenvalue weighted by atomic mass is 28.1. The van der Waals surface area contributed by atoms with Crippen molar-refractivity contribution in [3.63, 3.8) is 0 Å². The lowest BCUT2D eigenvalue weighted by atomic mass is 10.9. The van der Waals surface area contributed by atoms with E-state index in [9.17, 15) is 4.39 Å². The van der Waals surface area contributed by atoms with Crippen LogP contribution in [0.4, 0.5) is 4.39 Å². The Bertz CT molecular complexity index is 32.0. The van der Waals surface area contributed by atoms with E-state index in [-0.39, 0.29) is 0 Å². The van der Waals surface area contributed by atoms with Gasteiger partial charge in [0.25, 0.3) is 0 Å². The smallest absolute Gasteiger partial charge is 0.172 e. The van der Waals surface area contributed by atoms with Gasteiger partial charge >= 0.3 is 0 Å². The van der Waals surface area contributed by atoms with Gasteiger partial charge in [-0.3, -0.25) is 0 Å². The number of alkyl halides is 1. The van der Waals surface area contributed by atoms with Crippen LogP contribution >= 0.6 is 0 Å². The summed E-state index contributed by atoms with van der Waals surface area (Å²) in [6.07, 6.45) is 0. The molecule has 3 heteroatoms. The molecule has 1 radical (unpaired) electrons. The zero-order chi connectivity index (χ0) is 4.99. The lowest BCUT2D eigenvalue weighted by molar-refractivity contribution is 0.0300. The molecule has 1 atom stereocenters. The van der Waals surface area contributed by atoms with Crippen molar-refractivity contribution in [2.24, 2.45) is 0 Å². The van der Waals surface area contributed by atoms with E-state index in [2.05, 4.69) is 4.74 Å². The summed E-state index contributed by atoms with van der Waals surface area (Å²) in [7, 11) is 1.19. The Balaban J connectivity index is 2.63. The molecule has 1 nitrogen and oxygen atoms in total. The second-order valence-electron chi connectivity index (χ2n) is 0.865. The van der Waals surface area contributed by atoms with E-state index in [1.807, 2.05) is 0 Å². The van der Waals surface area contributed by atoms with E-state index < -0.39 is 5.98 Å². The van der Waals surface area contributed by atoms with Gasteiger partial charge in [-0.25, -0.2) is 4.39 Å². The van der Waals surface area contributed by atoms with E-state index in [1.54, 1.807) is 6.92 Å². The molecule has 0 amide bonds. The van der Waals surface area contributed by atoms with Crippen LogP contribution in [0.3, 0.4) is 0 Å². The minimum atomic E-state index is -1.07. The highest BCUT2D eigenvalue weighted by Gasteiger charge is 1.88. The van der Waals surface area contributed by atoms with Crippen LogP contribution in [0.5, 0.6) is 0 Å². The molecule has 6 heavy (non-hydrogen) atoms.